The van der Waals surface area contributed by atoms with Gasteiger partial charge in [-0.15, -0.1) is 0 Å². The van der Waals surface area contributed by atoms with Gasteiger partial charge in [0.2, 0.25) is 10.0 Å². The lowest BCUT2D eigenvalue weighted by molar-refractivity contribution is 0.0931. The standard InChI is InChI=1S/C22H28N2O4S/c1-15(2)24(3)29(26,27)20-13-9-18(10-14-20)22(25)23-21(16-5-6-16)17-7-11-19(28-4)12-8-17/h7-16,21H,5-6H2,1-4H3,(H,23,25). The molecule has 1 N–H and O–H groups in total. The minimum absolute atomic E-state index is 0.0658. The van der Waals surface area contributed by atoms with Gasteiger partial charge in [0.15, 0.2) is 0 Å². The zero-order chi connectivity index (χ0) is 21.2. The number of amides is 1. The quantitative estimate of drug-likeness (QED) is 0.713. The lowest BCUT2D eigenvalue weighted by atomic mass is 10.0. The van der Waals surface area contributed by atoms with Gasteiger partial charge in [-0.25, -0.2) is 8.42 Å². The molecule has 0 aliphatic heterocycles. The molecule has 1 atom stereocenters. The van der Waals surface area contributed by atoms with Crippen LogP contribution in [0, 0.1) is 5.92 Å². The number of carbonyl (C=O) groups is 1. The van der Waals surface area contributed by atoms with E-state index in [1.54, 1.807) is 26.3 Å². The zero-order valence-electron chi connectivity index (χ0n) is 17.3. The number of carbonyl (C=O) groups excluding carboxylic acids is 1. The van der Waals surface area contributed by atoms with Crippen molar-refractivity contribution in [2.45, 2.75) is 43.7 Å². The smallest absolute Gasteiger partial charge is 0.251 e. The number of hydrogen-bond donors (Lipinski definition) is 1. The minimum atomic E-state index is -3.57. The van der Waals surface area contributed by atoms with Gasteiger partial charge in [-0.2, -0.15) is 4.31 Å². The van der Waals surface area contributed by atoms with Crippen LogP contribution in [-0.2, 0) is 10.0 Å². The molecule has 2 aromatic rings. The van der Waals surface area contributed by atoms with Crippen LogP contribution in [0.25, 0.3) is 0 Å². The number of sulfonamides is 1. The first-order valence-corrected chi connectivity index (χ1v) is 11.2. The van der Waals surface area contributed by atoms with Crippen molar-refractivity contribution in [1.82, 2.24) is 9.62 Å². The number of rotatable bonds is 8. The van der Waals surface area contributed by atoms with Crippen LogP contribution in [0.5, 0.6) is 5.75 Å². The first kappa shape index (κ1) is 21.3. The van der Waals surface area contributed by atoms with E-state index in [2.05, 4.69) is 5.32 Å². The highest BCUT2D eigenvalue weighted by Gasteiger charge is 2.33. The van der Waals surface area contributed by atoms with Crippen LogP contribution in [0.2, 0.25) is 0 Å². The Bertz CT molecular complexity index is 949. The summed E-state index contributed by atoms with van der Waals surface area (Å²) in [4.78, 5) is 13.0. The number of hydrogen-bond acceptors (Lipinski definition) is 4. The topological polar surface area (TPSA) is 75.7 Å². The van der Waals surface area contributed by atoms with E-state index < -0.39 is 10.0 Å². The van der Waals surface area contributed by atoms with Gasteiger partial charge in [0.25, 0.3) is 5.91 Å². The van der Waals surface area contributed by atoms with E-state index in [-0.39, 0.29) is 22.9 Å². The molecule has 1 amide bonds. The predicted molar refractivity (Wildman–Crippen MR) is 112 cm³/mol. The van der Waals surface area contributed by atoms with Crippen molar-refractivity contribution in [2.75, 3.05) is 14.2 Å². The van der Waals surface area contributed by atoms with E-state index in [0.717, 1.165) is 24.2 Å². The van der Waals surface area contributed by atoms with Crippen molar-refractivity contribution in [2.24, 2.45) is 5.92 Å². The normalized spacial score (nSPS) is 15.4. The molecule has 1 saturated carbocycles. The SMILES string of the molecule is COc1ccc(C(NC(=O)c2ccc(S(=O)(=O)N(C)C(C)C)cc2)C2CC2)cc1. The molecule has 6 nitrogen and oxygen atoms in total. The third-order valence-corrected chi connectivity index (χ3v) is 7.42. The molecule has 0 radical (unpaired) electrons. The van der Waals surface area contributed by atoms with Crippen LogP contribution < -0.4 is 10.1 Å². The van der Waals surface area contributed by atoms with Gasteiger partial charge in [-0.3, -0.25) is 4.79 Å². The van der Waals surface area contributed by atoms with Gasteiger partial charge in [-0.05, 0) is 74.6 Å². The van der Waals surface area contributed by atoms with E-state index in [1.807, 2.05) is 38.1 Å². The summed E-state index contributed by atoms with van der Waals surface area (Å²) in [6, 6.07) is 13.6. The molecule has 0 bridgehead atoms. The van der Waals surface area contributed by atoms with Crippen molar-refractivity contribution in [3.8, 4) is 5.75 Å². The number of nitrogens with one attached hydrogen (secondary N) is 1. The van der Waals surface area contributed by atoms with E-state index in [4.69, 9.17) is 4.74 Å². The molecule has 1 unspecified atom stereocenters. The third-order valence-electron chi connectivity index (χ3n) is 5.38. The second-order valence-electron chi connectivity index (χ2n) is 7.70. The van der Waals surface area contributed by atoms with Crippen molar-refractivity contribution in [3.63, 3.8) is 0 Å². The summed E-state index contributed by atoms with van der Waals surface area (Å²) in [5.41, 5.74) is 1.48. The maximum Gasteiger partial charge on any atom is 0.251 e. The number of ether oxygens (including phenoxy) is 1. The molecular weight excluding hydrogens is 388 g/mol. The number of methoxy groups -OCH3 is 1. The number of benzene rings is 2. The van der Waals surface area contributed by atoms with Crippen molar-refractivity contribution in [3.05, 3.63) is 59.7 Å². The van der Waals surface area contributed by atoms with Crippen LogP contribution in [0.1, 0.15) is 48.7 Å². The average Bonchev–Trinajstić information content (AvgIpc) is 3.56. The molecule has 156 valence electrons. The fourth-order valence-corrected chi connectivity index (χ4v) is 4.53. The van der Waals surface area contributed by atoms with Crippen LogP contribution in [-0.4, -0.2) is 38.8 Å². The summed E-state index contributed by atoms with van der Waals surface area (Å²) < 4.78 is 31.7. The fraction of sp³-hybridized carbons (Fsp3) is 0.409. The Morgan fingerprint density at radius 2 is 1.66 bits per heavy atom. The highest BCUT2D eigenvalue weighted by molar-refractivity contribution is 7.89. The van der Waals surface area contributed by atoms with Gasteiger partial charge < -0.3 is 10.1 Å². The molecule has 0 heterocycles. The van der Waals surface area contributed by atoms with Gasteiger partial charge in [0.1, 0.15) is 5.75 Å². The minimum Gasteiger partial charge on any atom is -0.497 e. The second kappa shape index (κ2) is 8.55. The van der Waals surface area contributed by atoms with E-state index >= 15 is 0 Å². The molecule has 0 saturated heterocycles. The molecular formula is C22H28N2O4S. The summed E-state index contributed by atoms with van der Waals surface area (Å²) in [5.74, 6) is 0.989. The summed E-state index contributed by atoms with van der Waals surface area (Å²) in [6.07, 6.45) is 2.16. The highest BCUT2D eigenvalue weighted by Crippen LogP contribution is 2.41. The van der Waals surface area contributed by atoms with E-state index in [1.165, 1.54) is 16.4 Å². The summed E-state index contributed by atoms with van der Waals surface area (Å²) in [7, 11) is -0.393. The molecule has 29 heavy (non-hydrogen) atoms. The monoisotopic (exact) mass is 416 g/mol. The Morgan fingerprint density at radius 1 is 1.07 bits per heavy atom. The molecule has 0 spiro atoms. The van der Waals surface area contributed by atoms with E-state index in [0.29, 0.717) is 11.5 Å². The predicted octanol–water partition coefficient (Wildman–Crippen LogP) is 3.61. The lowest BCUT2D eigenvalue weighted by Gasteiger charge is -2.21. The maximum atomic E-state index is 12.8. The van der Waals surface area contributed by atoms with Crippen molar-refractivity contribution in [1.29, 1.82) is 0 Å². The summed E-state index contributed by atoms with van der Waals surface area (Å²) >= 11 is 0. The zero-order valence-corrected chi connectivity index (χ0v) is 18.1. The van der Waals surface area contributed by atoms with Gasteiger partial charge in [0, 0.05) is 18.7 Å². The fourth-order valence-electron chi connectivity index (χ4n) is 3.16. The Morgan fingerprint density at radius 3 is 2.14 bits per heavy atom. The second-order valence-corrected chi connectivity index (χ2v) is 9.70. The Balaban J connectivity index is 1.75. The van der Waals surface area contributed by atoms with Crippen LogP contribution in [0.3, 0.4) is 0 Å². The molecule has 1 fully saturated rings. The van der Waals surface area contributed by atoms with Gasteiger partial charge >= 0.3 is 0 Å². The van der Waals surface area contributed by atoms with Gasteiger partial charge in [0.05, 0.1) is 18.0 Å². The number of nitrogens with zero attached hydrogens (tertiary/aromatic N) is 1. The third kappa shape index (κ3) is 4.79. The van der Waals surface area contributed by atoms with Crippen LogP contribution >= 0.6 is 0 Å². The highest BCUT2D eigenvalue weighted by atomic mass is 32.2. The Kier molecular flexibility index (Phi) is 6.29. The Hall–Kier alpha value is -2.38. The summed E-state index contributed by atoms with van der Waals surface area (Å²) in [6.45, 7) is 3.63. The molecule has 3 rings (SSSR count). The first-order chi connectivity index (χ1) is 13.7. The molecule has 1 aliphatic rings. The van der Waals surface area contributed by atoms with Gasteiger partial charge in [-0.1, -0.05) is 12.1 Å². The maximum absolute atomic E-state index is 12.8. The average molecular weight is 417 g/mol. The first-order valence-electron chi connectivity index (χ1n) is 9.77. The molecule has 2 aromatic carbocycles. The van der Waals surface area contributed by atoms with Crippen LogP contribution in [0.15, 0.2) is 53.4 Å². The molecule has 7 heteroatoms. The molecule has 1 aliphatic carbocycles. The van der Waals surface area contributed by atoms with Crippen LogP contribution in [0.4, 0.5) is 0 Å². The Labute approximate surface area is 172 Å². The summed E-state index contributed by atoms with van der Waals surface area (Å²) in [5, 5.41) is 3.11. The van der Waals surface area contributed by atoms with E-state index in [9.17, 15) is 13.2 Å². The van der Waals surface area contributed by atoms with Crippen molar-refractivity contribution >= 4 is 15.9 Å². The molecule has 0 aromatic heterocycles. The lowest BCUT2D eigenvalue weighted by Crippen LogP contribution is -2.33. The van der Waals surface area contributed by atoms with Crippen molar-refractivity contribution < 1.29 is 17.9 Å². The largest absolute Gasteiger partial charge is 0.497 e.